The zero-order valence-corrected chi connectivity index (χ0v) is 46.8. The van der Waals surface area contributed by atoms with Gasteiger partial charge in [-0.1, -0.05) is 194 Å². The molecular weight excluding hydrogens is 902 g/mol. The molecule has 5 heteroatoms. The average Bonchev–Trinajstić information content (AvgIpc) is 3.87. The lowest BCUT2D eigenvalue weighted by Gasteiger charge is -2.52. The number of benzene rings is 7. The Morgan fingerprint density at radius 3 is 1.68 bits per heavy atom. The van der Waals surface area contributed by atoms with Crippen LogP contribution in [-0.4, -0.2) is 12.3 Å². The molecule has 0 spiro atoms. The van der Waals surface area contributed by atoms with Gasteiger partial charge in [0.05, 0.1) is 22.6 Å². The Balaban J connectivity index is 1.24. The van der Waals surface area contributed by atoms with Crippen molar-refractivity contribution in [3.63, 3.8) is 0 Å². The normalized spacial score (nSPS) is 19.2. The largest absolute Gasteiger partial charge is 0.335 e. The van der Waals surface area contributed by atoms with E-state index in [1.807, 2.05) is 11.3 Å². The Kier molecular flexibility index (Phi) is 10.7. The van der Waals surface area contributed by atoms with E-state index in [9.17, 15) is 0 Å². The number of nitrogens with zero attached hydrogens (tertiary/aromatic N) is 3. The van der Waals surface area contributed by atoms with E-state index in [1.54, 1.807) is 5.56 Å². The fourth-order valence-electron chi connectivity index (χ4n) is 13.3. The zero-order chi connectivity index (χ0) is 51.4. The molecule has 7 aromatic carbocycles. The lowest BCUT2D eigenvalue weighted by Crippen LogP contribution is -2.64. The summed E-state index contributed by atoms with van der Waals surface area (Å²) in [5, 5.41) is 1.31. The molecule has 2 atom stereocenters. The van der Waals surface area contributed by atoms with Gasteiger partial charge in [-0.3, -0.25) is 0 Å². The molecule has 0 radical (unpaired) electrons. The summed E-state index contributed by atoms with van der Waals surface area (Å²) in [5.74, 6) is 0. The molecule has 4 aliphatic rings. The molecule has 8 aromatic rings. The molecule has 2 unspecified atom stereocenters. The van der Waals surface area contributed by atoms with E-state index in [0.717, 1.165) is 17.8 Å². The third-order valence-electron chi connectivity index (χ3n) is 17.8. The molecule has 1 aliphatic carbocycles. The van der Waals surface area contributed by atoms with Crippen LogP contribution in [0, 0.1) is 0 Å². The second-order valence-electron chi connectivity index (χ2n) is 26.6. The van der Waals surface area contributed by atoms with Crippen LogP contribution in [0.3, 0.4) is 0 Å². The molecule has 3 nitrogen and oxygen atoms in total. The van der Waals surface area contributed by atoms with Crippen LogP contribution in [0.2, 0.25) is 0 Å². The fraction of sp³-hybridized carbons (Fsp3) is 0.353. The molecular formula is C68H74BN3S. The summed E-state index contributed by atoms with van der Waals surface area (Å²) in [6.07, 6.45) is 4.80. The number of rotatable bonds is 5. The Morgan fingerprint density at radius 2 is 1.07 bits per heavy atom. The summed E-state index contributed by atoms with van der Waals surface area (Å²) in [7, 11) is 0. The van der Waals surface area contributed by atoms with Gasteiger partial charge in [-0.15, -0.1) is 11.3 Å². The minimum atomic E-state index is -0.140. The highest BCUT2D eigenvalue weighted by molar-refractivity contribution is 7.33. The first-order valence-electron chi connectivity index (χ1n) is 27.2. The van der Waals surface area contributed by atoms with E-state index in [0.29, 0.717) is 0 Å². The lowest BCUT2D eigenvalue weighted by molar-refractivity contribution is 0.195. The standard InChI is InChI=1S/C68H74BN3S/c1-63(2,3)44-26-31-48(32-27-44)70(49-33-28-45(29-34-49)64(4,5)6)50-41-56-59-57(42-50)72-61-53(67(13)36-20-21-37-68(67,72)14)39-47(66(10,11)12)40-54(61)69(59)62-60(51-24-18-19-25-58(51)73-62)71(56)55-35-30-46(65(7,8)9)38-52(55)43-22-16-15-17-23-43/h15-19,22-35,38-42H,20-21,36-37H2,1-14H3. The second kappa shape index (κ2) is 16.2. The summed E-state index contributed by atoms with van der Waals surface area (Å²) < 4.78 is 2.77. The fourth-order valence-corrected chi connectivity index (χ4v) is 14.6. The monoisotopic (exact) mass is 976 g/mol. The highest BCUT2D eigenvalue weighted by atomic mass is 32.1. The van der Waals surface area contributed by atoms with E-state index in [2.05, 4.69) is 257 Å². The first-order valence-corrected chi connectivity index (χ1v) is 28.0. The highest BCUT2D eigenvalue weighted by Gasteiger charge is 2.62. The first-order chi connectivity index (χ1) is 34.5. The maximum absolute atomic E-state index is 2.92. The van der Waals surface area contributed by atoms with Gasteiger partial charge in [0.25, 0.3) is 6.71 Å². The van der Waals surface area contributed by atoms with Crippen molar-refractivity contribution >= 4 is 89.3 Å². The van der Waals surface area contributed by atoms with Gasteiger partial charge in [0.2, 0.25) is 0 Å². The number of hydrogen-bond acceptors (Lipinski definition) is 4. The molecule has 73 heavy (non-hydrogen) atoms. The molecule has 4 heterocycles. The van der Waals surface area contributed by atoms with E-state index in [4.69, 9.17) is 0 Å². The Morgan fingerprint density at radius 1 is 0.507 bits per heavy atom. The van der Waals surface area contributed by atoms with E-state index in [-0.39, 0.29) is 39.3 Å². The van der Waals surface area contributed by atoms with Crippen LogP contribution in [0.25, 0.3) is 21.2 Å². The van der Waals surface area contributed by atoms with Gasteiger partial charge in [-0.25, -0.2) is 0 Å². The van der Waals surface area contributed by atoms with Crippen molar-refractivity contribution in [3.8, 4) is 11.1 Å². The van der Waals surface area contributed by atoms with Gasteiger partial charge in [0.15, 0.2) is 0 Å². The number of thiophene rings is 1. The van der Waals surface area contributed by atoms with E-state index < -0.39 is 0 Å². The molecule has 12 rings (SSSR count). The van der Waals surface area contributed by atoms with Crippen molar-refractivity contribution < 1.29 is 0 Å². The van der Waals surface area contributed by atoms with Crippen LogP contribution in [-0.2, 0) is 27.1 Å². The minimum absolute atomic E-state index is 0.0258. The van der Waals surface area contributed by atoms with Crippen LogP contribution in [0.5, 0.6) is 0 Å². The molecule has 0 amide bonds. The minimum Gasteiger partial charge on any atom is -0.335 e. The highest BCUT2D eigenvalue weighted by Crippen LogP contribution is 2.63. The maximum Gasteiger partial charge on any atom is 0.264 e. The van der Waals surface area contributed by atoms with Crippen molar-refractivity contribution in [1.29, 1.82) is 0 Å². The quantitative estimate of drug-likeness (QED) is 0.159. The van der Waals surface area contributed by atoms with E-state index >= 15 is 0 Å². The van der Waals surface area contributed by atoms with Gasteiger partial charge < -0.3 is 14.7 Å². The van der Waals surface area contributed by atoms with Crippen LogP contribution in [0.1, 0.15) is 150 Å². The van der Waals surface area contributed by atoms with Gasteiger partial charge in [-0.2, -0.15) is 0 Å². The van der Waals surface area contributed by atoms with Gasteiger partial charge in [0.1, 0.15) is 0 Å². The predicted molar refractivity (Wildman–Crippen MR) is 319 cm³/mol. The number of hydrogen-bond donors (Lipinski definition) is 0. The summed E-state index contributed by atoms with van der Waals surface area (Å²) in [6.45, 7) is 33.5. The van der Waals surface area contributed by atoms with Crippen molar-refractivity contribution in [1.82, 2.24) is 0 Å². The van der Waals surface area contributed by atoms with Gasteiger partial charge >= 0.3 is 0 Å². The molecule has 1 aromatic heterocycles. The SMILES string of the molecule is CC(C)(C)c1ccc(N(c2ccc(C(C)(C)C)cc2)c2cc3c4c(c2)N2c5c(cc(C(C)(C)C)cc5C5(C)CCCCC25C)B4c2sc4ccccc4c2N3c2ccc(C(C)(C)C)cc2-c2ccccc2)cc1. The molecule has 0 saturated heterocycles. The van der Waals surface area contributed by atoms with Crippen molar-refractivity contribution in [3.05, 3.63) is 173 Å². The predicted octanol–water partition coefficient (Wildman–Crippen LogP) is 17.6. The molecule has 1 saturated carbocycles. The summed E-state index contributed by atoms with van der Waals surface area (Å²) in [5.41, 5.74) is 22.3. The second-order valence-corrected chi connectivity index (χ2v) is 27.7. The number of anilines is 8. The maximum atomic E-state index is 2.92. The van der Waals surface area contributed by atoms with Crippen LogP contribution < -0.4 is 30.4 Å². The van der Waals surface area contributed by atoms with Crippen LogP contribution in [0.15, 0.2) is 146 Å². The lowest BCUT2D eigenvalue weighted by atomic mass is 9.36. The van der Waals surface area contributed by atoms with E-state index in [1.165, 1.54) is 113 Å². The smallest absolute Gasteiger partial charge is 0.264 e. The van der Waals surface area contributed by atoms with Crippen LogP contribution in [0.4, 0.5) is 45.5 Å². The molecule has 3 aliphatic heterocycles. The molecule has 0 bridgehead atoms. The third kappa shape index (κ3) is 7.32. The van der Waals surface area contributed by atoms with Crippen LogP contribution >= 0.6 is 11.3 Å². The Hall–Kier alpha value is -6.04. The molecule has 370 valence electrons. The average molecular weight is 976 g/mol. The molecule has 0 N–H and O–H groups in total. The Labute approximate surface area is 441 Å². The zero-order valence-electron chi connectivity index (χ0n) is 46.0. The van der Waals surface area contributed by atoms with Crippen molar-refractivity contribution in [2.24, 2.45) is 0 Å². The summed E-state index contributed by atoms with van der Waals surface area (Å²) in [4.78, 5) is 8.20. The first kappa shape index (κ1) is 47.9. The molecule has 1 fully saturated rings. The number of fused-ring (bicyclic) bond motifs is 9. The summed E-state index contributed by atoms with van der Waals surface area (Å²) in [6, 6.07) is 57.1. The topological polar surface area (TPSA) is 9.72 Å². The van der Waals surface area contributed by atoms with Crippen molar-refractivity contribution in [2.45, 2.75) is 155 Å². The Bertz CT molecular complexity index is 3430. The van der Waals surface area contributed by atoms with Crippen molar-refractivity contribution in [2.75, 3.05) is 14.7 Å². The van der Waals surface area contributed by atoms with Gasteiger partial charge in [0, 0.05) is 54.3 Å². The summed E-state index contributed by atoms with van der Waals surface area (Å²) >= 11 is 2.01. The van der Waals surface area contributed by atoms with Gasteiger partial charge in [-0.05, 0) is 140 Å². The third-order valence-corrected chi connectivity index (χ3v) is 19.0.